The number of aromatic nitrogens is 1. The first-order valence-electron chi connectivity index (χ1n) is 12.5. The molecule has 2 N–H and O–H groups in total. The van der Waals surface area contributed by atoms with Crippen molar-refractivity contribution in [2.24, 2.45) is 0 Å². The van der Waals surface area contributed by atoms with Gasteiger partial charge in [0.05, 0.1) is 0 Å². The fourth-order valence-corrected chi connectivity index (χ4v) is 5.39. The summed E-state index contributed by atoms with van der Waals surface area (Å²) in [6, 6.07) is 12.1. The van der Waals surface area contributed by atoms with Crippen LogP contribution >= 0.6 is 0 Å². The van der Waals surface area contributed by atoms with Gasteiger partial charge < -0.3 is 15.3 Å². The van der Waals surface area contributed by atoms with Crippen molar-refractivity contribution < 1.29 is 5.11 Å². The van der Waals surface area contributed by atoms with E-state index in [0.717, 1.165) is 51.1 Å². The molecule has 0 bridgehead atoms. The molecule has 1 aliphatic carbocycles. The minimum atomic E-state index is 0.225. The standard InChI is InChI=1S/C28H41N3O/c1-27(2)12-13-28(3,4)25-19-21(7-8-24(25)27)22-9-15-30-26(20-22)31-16-10-23(11-17-31)29-14-5-6-18-32/h7-9,15,19-20,23,29,32H,5-6,10-14,16-18H2,1-4H3. The molecule has 1 aromatic heterocycles. The van der Waals surface area contributed by atoms with Crippen molar-refractivity contribution in [3.63, 3.8) is 0 Å². The third-order valence-corrected chi connectivity index (χ3v) is 7.77. The van der Waals surface area contributed by atoms with Crippen LogP contribution in [0.5, 0.6) is 0 Å². The highest BCUT2D eigenvalue weighted by Gasteiger charge is 2.37. The number of pyridine rings is 1. The van der Waals surface area contributed by atoms with Gasteiger partial charge in [0.25, 0.3) is 0 Å². The number of anilines is 1. The summed E-state index contributed by atoms with van der Waals surface area (Å²) in [5, 5.41) is 12.6. The van der Waals surface area contributed by atoms with Gasteiger partial charge in [-0.25, -0.2) is 4.98 Å². The second-order valence-corrected chi connectivity index (χ2v) is 11.1. The maximum Gasteiger partial charge on any atom is 0.129 e. The molecule has 1 fully saturated rings. The van der Waals surface area contributed by atoms with Gasteiger partial charge in [-0.1, -0.05) is 45.9 Å². The van der Waals surface area contributed by atoms with Gasteiger partial charge in [-0.2, -0.15) is 0 Å². The van der Waals surface area contributed by atoms with Crippen molar-refractivity contribution in [2.75, 3.05) is 31.1 Å². The molecular formula is C28H41N3O. The maximum absolute atomic E-state index is 8.93. The number of nitrogens with zero attached hydrogens (tertiary/aromatic N) is 2. The topological polar surface area (TPSA) is 48.4 Å². The average Bonchev–Trinajstić information content (AvgIpc) is 2.80. The lowest BCUT2D eigenvalue weighted by atomic mass is 9.63. The van der Waals surface area contributed by atoms with Crippen molar-refractivity contribution in [3.8, 4) is 11.1 Å². The van der Waals surface area contributed by atoms with Crippen molar-refractivity contribution in [1.82, 2.24) is 10.3 Å². The lowest BCUT2D eigenvalue weighted by Crippen LogP contribution is -2.43. The largest absolute Gasteiger partial charge is 0.396 e. The Morgan fingerprint density at radius 2 is 1.62 bits per heavy atom. The fraction of sp³-hybridized carbons (Fsp3) is 0.607. The molecule has 174 valence electrons. The van der Waals surface area contributed by atoms with Crippen molar-refractivity contribution >= 4 is 5.82 Å². The van der Waals surface area contributed by atoms with Crippen molar-refractivity contribution in [2.45, 2.75) is 83.1 Å². The van der Waals surface area contributed by atoms with E-state index in [2.05, 4.69) is 68.2 Å². The van der Waals surface area contributed by atoms with Gasteiger partial charge >= 0.3 is 0 Å². The minimum absolute atomic E-state index is 0.225. The van der Waals surface area contributed by atoms with Gasteiger partial charge in [0.15, 0.2) is 0 Å². The Labute approximate surface area is 194 Å². The van der Waals surface area contributed by atoms with Crippen LogP contribution in [0.1, 0.15) is 77.3 Å². The number of aliphatic hydroxyl groups is 1. The summed E-state index contributed by atoms with van der Waals surface area (Å²) in [6.45, 7) is 12.9. The molecule has 4 nitrogen and oxygen atoms in total. The lowest BCUT2D eigenvalue weighted by Gasteiger charge is -2.42. The fourth-order valence-electron chi connectivity index (χ4n) is 5.39. The third kappa shape index (κ3) is 5.02. The second-order valence-electron chi connectivity index (χ2n) is 11.1. The van der Waals surface area contributed by atoms with Gasteiger partial charge in [-0.05, 0) is 90.3 Å². The van der Waals surface area contributed by atoms with Gasteiger partial charge in [-0.15, -0.1) is 0 Å². The Bertz CT molecular complexity index is 913. The van der Waals surface area contributed by atoms with E-state index in [1.54, 1.807) is 0 Å². The maximum atomic E-state index is 8.93. The molecule has 2 aliphatic rings. The highest BCUT2D eigenvalue weighted by atomic mass is 16.2. The molecule has 0 radical (unpaired) electrons. The molecule has 2 aromatic rings. The third-order valence-electron chi connectivity index (χ3n) is 7.77. The zero-order chi connectivity index (χ0) is 22.8. The van der Waals surface area contributed by atoms with E-state index in [4.69, 9.17) is 10.1 Å². The number of fused-ring (bicyclic) bond motifs is 1. The van der Waals surface area contributed by atoms with Crippen molar-refractivity contribution in [3.05, 3.63) is 47.7 Å². The number of hydrogen-bond acceptors (Lipinski definition) is 4. The second kappa shape index (κ2) is 9.52. The van der Waals surface area contributed by atoms with Crippen LogP contribution < -0.4 is 10.2 Å². The normalized spacial score (nSPS) is 20.2. The zero-order valence-electron chi connectivity index (χ0n) is 20.5. The van der Waals surface area contributed by atoms with Crippen molar-refractivity contribution in [1.29, 1.82) is 0 Å². The highest BCUT2D eigenvalue weighted by Crippen LogP contribution is 2.46. The molecule has 32 heavy (non-hydrogen) atoms. The van der Waals surface area contributed by atoms with Gasteiger partial charge in [-0.3, -0.25) is 0 Å². The average molecular weight is 436 g/mol. The summed E-state index contributed by atoms with van der Waals surface area (Å²) in [5.74, 6) is 1.10. The number of hydrogen-bond donors (Lipinski definition) is 2. The van der Waals surface area contributed by atoms with Crippen LogP contribution in [0.2, 0.25) is 0 Å². The zero-order valence-corrected chi connectivity index (χ0v) is 20.5. The van der Waals surface area contributed by atoms with E-state index in [1.807, 2.05) is 6.20 Å². The highest BCUT2D eigenvalue weighted by molar-refractivity contribution is 5.69. The Morgan fingerprint density at radius 3 is 2.34 bits per heavy atom. The van der Waals surface area contributed by atoms with Gasteiger partial charge in [0.1, 0.15) is 5.82 Å². The van der Waals surface area contributed by atoms with Crippen LogP contribution in [0, 0.1) is 0 Å². The lowest BCUT2D eigenvalue weighted by molar-refractivity contribution is 0.281. The van der Waals surface area contributed by atoms with Crippen LogP contribution in [0.3, 0.4) is 0 Å². The molecule has 0 unspecified atom stereocenters. The molecule has 0 saturated carbocycles. The molecule has 1 aromatic carbocycles. The summed E-state index contributed by atoms with van der Waals surface area (Å²) < 4.78 is 0. The molecule has 0 atom stereocenters. The van der Waals surface area contributed by atoms with Gasteiger partial charge in [0, 0.05) is 31.9 Å². The number of nitrogens with one attached hydrogen (secondary N) is 1. The number of rotatable bonds is 7. The quantitative estimate of drug-likeness (QED) is 0.570. The molecular weight excluding hydrogens is 394 g/mol. The molecule has 4 heteroatoms. The van der Waals surface area contributed by atoms with Crippen LogP contribution in [0.15, 0.2) is 36.5 Å². The molecule has 1 aliphatic heterocycles. The Hall–Kier alpha value is -1.91. The molecule has 4 rings (SSSR count). The van der Waals surface area contributed by atoms with E-state index in [9.17, 15) is 0 Å². The first-order chi connectivity index (χ1) is 15.3. The minimum Gasteiger partial charge on any atom is -0.396 e. The summed E-state index contributed by atoms with van der Waals surface area (Å²) in [5.41, 5.74) is 6.07. The van der Waals surface area contributed by atoms with Crippen LogP contribution in [-0.2, 0) is 10.8 Å². The number of piperidine rings is 1. The number of benzene rings is 1. The predicted octanol–water partition coefficient (Wildman–Crippen LogP) is 5.43. The molecule has 1 saturated heterocycles. The van der Waals surface area contributed by atoms with Crippen LogP contribution in [0.4, 0.5) is 5.82 Å². The van der Waals surface area contributed by atoms with E-state index in [1.165, 1.54) is 35.1 Å². The number of unbranched alkanes of at least 4 members (excludes halogenated alkanes) is 1. The van der Waals surface area contributed by atoms with Gasteiger partial charge in [0.2, 0.25) is 0 Å². The molecule has 0 amide bonds. The first-order valence-corrected chi connectivity index (χ1v) is 12.5. The SMILES string of the molecule is CC1(C)CCC(C)(C)c2cc(-c3ccnc(N4CCC(NCCCCO)CC4)c3)ccc21. The van der Waals surface area contributed by atoms with E-state index in [0.29, 0.717) is 12.6 Å². The smallest absolute Gasteiger partial charge is 0.129 e. The monoisotopic (exact) mass is 435 g/mol. The Morgan fingerprint density at radius 1 is 0.938 bits per heavy atom. The number of aliphatic hydroxyl groups excluding tert-OH is 1. The summed E-state index contributed by atoms with van der Waals surface area (Å²) in [6.07, 6.45) is 8.69. The molecule has 0 spiro atoms. The predicted molar refractivity (Wildman–Crippen MR) is 135 cm³/mol. The van der Waals surface area contributed by atoms with E-state index < -0.39 is 0 Å². The summed E-state index contributed by atoms with van der Waals surface area (Å²) in [4.78, 5) is 7.15. The van der Waals surface area contributed by atoms with E-state index >= 15 is 0 Å². The Balaban J connectivity index is 1.47. The summed E-state index contributed by atoms with van der Waals surface area (Å²) >= 11 is 0. The molecule has 2 heterocycles. The summed E-state index contributed by atoms with van der Waals surface area (Å²) in [7, 11) is 0. The first kappa shape index (κ1) is 23.3. The van der Waals surface area contributed by atoms with Crippen LogP contribution in [-0.4, -0.2) is 42.4 Å². The van der Waals surface area contributed by atoms with Crippen LogP contribution in [0.25, 0.3) is 11.1 Å². The Kier molecular flexibility index (Phi) is 6.92. The van der Waals surface area contributed by atoms with E-state index in [-0.39, 0.29) is 10.8 Å².